The molecule has 0 saturated carbocycles. The number of non-ortho nitro benzene ring substituents is 1. The molecule has 0 aliphatic heterocycles. The van der Waals surface area contributed by atoms with Gasteiger partial charge < -0.3 is 0 Å². The van der Waals surface area contributed by atoms with E-state index in [-0.39, 0.29) is 5.69 Å². The molecule has 1 aromatic carbocycles. The average molecular weight is 287 g/mol. The molecule has 0 N–H and O–H groups in total. The number of rotatable bonds is 3. The zero-order chi connectivity index (χ0) is 14.3. The Balaban J connectivity index is 2.26. The van der Waals surface area contributed by atoms with Gasteiger partial charge in [-0.15, -0.1) is 11.3 Å². The van der Waals surface area contributed by atoms with Crippen molar-refractivity contribution in [2.45, 2.75) is 6.92 Å². The maximum absolute atomic E-state index is 11.4. The topological polar surface area (TPSA) is 77.5 Å². The summed E-state index contributed by atoms with van der Waals surface area (Å²) in [6, 6.07) is 6.13. The zero-order valence-corrected chi connectivity index (χ0v) is 11.3. The first-order valence-corrected chi connectivity index (χ1v) is 6.66. The smallest absolute Gasteiger partial charge is 0.270 e. The molecule has 0 aliphatic rings. The predicted octanol–water partition coefficient (Wildman–Crippen LogP) is 3.09. The van der Waals surface area contributed by atoms with Gasteiger partial charge in [0.25, 0.3) is 5.69 Å². The molecule has 2 heterocycles. The molecule has 3 rings (SSSR count). The lowest BCUT2D eigenvalue weighted by atomic mass is 10.1. The molecule has 0 amide bonds. The van der Waals surface area contributed by atoms with E-state index in [0.717, 1.165) is 12.0 Å². The summed E-state index contributed by atoms with van der Waals surface area (Å²) >= 11 is 1.43. The average Bonchev–Trinajstić information content (AvgIpc) is 2.99. The molecular weight excluding hydrogens is 278 g/mol. The second-order valence-electron chi connectivity index (χ2n) is 4.27. The number of carbonyl (C=O) groups excluding carboxylic acids is 1. The fourth-order valence-corrected chi connectivity index (χ4v) is 2.98. The summed E-state index contributed by atoms with van der Waals surface area (Å²) in [5, 5.41) is 12.7. The molecule has 0 atom stereocenters. The lowest BCUT2D eigenvalue weighted by Crippen LogP contribution is -1.94. The van der Waals surface area contributed by atoms with Crippen molar-refractivity contribution < 1.29 is 9.72 Å². The van der Waals surface area contributed by atoms with Gasteiger partial charge in [-0.05, 0) is 6.92 Å². The molecule has 0 spiro atoms. The van der Waals surface area contributed by atoms with Crippen LogP contribution in [0.5, 0.6) is 0 Å². The third-order valence-electron chi connectivity index (χ3n) is 3.01. The lowest BCUT2D eigenvalue weighted by Gasteiger charge is -1.99. The quantitative estimate of drug-likeness (QED) is 0.421. The number of nitro benzene ring substituents is 1. The third-order valence-corrected chi connectivity index (χ3v) is 3.96. The minimum atomic E-state index is -0.465. The van der Waals surface area contributed by atoms with Crippen LogP contribution >= 0.6 is 11.3 Å². The standard InChI is InChI=1S/C13H9N3O3S/c1-8-7-20-13-14-12(11(6-17)15(8)13)9-3-2-4-10(5-9)16(18)19/h2-7H,1H3. The molecule has 3 aromatic rings. The van der Waals surface area contributed by atoms with E-state index in [2.05, 4.69) is 4.98 Å². The van der Waals surface area contributed by atoms with Gasteiger partial charge in [0.15, 0.2) is 11.2 Å². The van der Waals surface area contributed by atoms with E-state index in [1.165, 1.54) is 23.5 Å². The monoisotopic (exact) mass is 287 g/mol. The van der Waals surface area contributed by atoms with Crippen molar-refractivity contribution in [3.05, 3.63) is 51.1 Å². The molecule has 0 saturated heterocycles. The highest BCUT2D eigenvalue weighted by Crippen LogP contribution is 2.29. The second-order valence-corrected chi connectivity index (χ2v) is 5.10. The van der Waals surface area contributed by atoms with E-state index >= 15 is 0 Å². The number of carbonyl (C=O) groups is 1. The summed E-state index contributed by atoms with van der Waals surface area (Å²) in [7, 11) is 0. The SMILES string of the molecule is Cc1csc2nc(-c3cccc([N+](=O)[O-])c3)c(C=O)n12. The van der Waals surface area contributed by atoms with Crippen LogP contribution in [0.25, 0.3) is 16.2 Å². The number of fused-ring (bicyclic) bond motifs is 1. The third kappa shape index (κ3) is 1.79. The zero-order valence-electron chi connectivity index (χ0n) is 10.4. The van der Waals surface area contributed by atoms with E-state index in [9.17, 15) is 14.9 Å². The van der Waals surface area contributed by atoms with Crippen LogP contribution in [0.4, 0.5) is 5.69 Å². The Labute approximate surface area is 117 Å². The first-order valence-electron chi connectivity index (χ1n) is 5.78. The maximum Gasteiger partial charge on any atom is 0.270 e. The van der Waals surface area contributed by atoms with Gasteiger partial charge in [0.1, 0.15) is 11.4 Å². The fourth-order valence-electron chi connectivity index (χ4n) is 2.11. The Morgan fingerprint density at radius 1 is 1.45 bits per heavy atom. The van der Waals surface area contributed by atoms with Crippen molar-refractivity contribution in [3.8, 4) is 11.3 Å². The van der Waals surface area contributed by atoms with Crippen LogP contribution in [-0.4, -0.2) is 20.6 Å². The number of nitrogens with zero attached hydrogens (tertiary/aromatic N) is 3. The van der Waals surface area contributed by atoms with Crippen LogP contribution in [0.1, 0.15) is 16.2 Å². The Hall–Kier alpha value is -2.54. The maximum atomic E-state index is 11.4. The van der Waals surface area contributed by atoms with Crippen LogP contribution in [0, 0.1) is 17.0 Å². The summed E-state index contributed by atoms with van der Waals surface area (Å²) in [5.41, 5.74) is 2.35. The Morgan fingerprint density at radius 2 is 2.25 bits per heavy atom. The first-order chi connectivity index (χ1) is 9.61. The van der Waals surface area contributed by atoms with Gasteiger partial charge in [0.05, 0.1) is 4.92 Å². The van der Waals surface area contributed by atoms with Crippen molar-refractivity contribution >= 4 is 28.3 Å². The summed E-state index contributed by atoms with van der Waals surface area (Å²) in [5.74, 6) is 0. The molecule has 7 heteroatoms. The van der Waals surface area contributed by atoms with E-state index in [1.807, 2.05) is 12.3 Å². The molecule has 0 radical (unpaired) electrons. The van der Waals surface area contributed by atoms with E-state index < -0.39 is 4.92 Å². The highest BCUT2D eigenvalue weighted by Gasteiger charge is 2.17. The number of nitro groups is 1. The molecule has 0 bridgehead atoms. The van der Waals surface area contributed by atoms with E-state index in [4.69, 9.17) is 0 Å². The number of hydrogen-bond acceptors (Lipinski definition) is 5. The summed E-state index contributed by atoms with van der Waals surface area (Å²) < 4.78 is 1.76. The minimum Gasteiger partial charge on any atom is -0.296 e. The number of thiazole rings is 1. The predicted molar refractivity (Wildman–Crippen MR) is 75.3 cm³/mol. The van der Waals surface area contributed by atoms with Crippen LogP contribution in [-0.2, 0) is 0 Å². The van der Waals surface area contributed by atoms with Crippen molar-refractivity contribution in [3.63, 3.8) is 0 Å². The molecule has 100 valence electrons. The van der Waals surface area contributed by atoms with Gasteiger partial charge in [0, 0.05) is 28.8 Å². The van der Waals surface area contributed by atoms with Gasteiger partial charge in [-0.3, -0.25) is 19.3 Å². The van der Waals surface area contributed by atoms with Crippen LogP contribution in [0.3, 0.4) is 0 Å². The van der Waals surface area contributed by atoms with Crippen molar-refractivity contribution in [1.82, 2.24) is 9.38 Å². The summed E-state index contributed by atoms with van der Waals surface area (Å²) in [6.45, 7) is 1.88. The van der Waals surface area contributed by atoms with Gasteiger partial charge in [-0.2, -0.15) is 0 Å². The van der Waals surface area contributed by atoms with Crippen molar-refractivity contribution in [2.75, 3.05) is 0 Å². The minimum absolute atomic E-state index is 0.0209. The molecule has 20 heavy (non-hydrogen) atoms. The molecule has 2 aromatic heterocycles. The number of aryl methyl sites for hydroxylation is 1. The lowest BCUT2D eigenvalue weighted by molar-refractivity contribution is -0.384. The Bertz CT molecular complexity index is 835. The largest absolute Gasteiger partial charge is 0.296 e. The fraction of sp³-hybridized carbons (Fsp3) is 0.0769. The number of aromatic nitrogens is 2. The van der Waals surface area contributed by atoms with E-state index in [0.29, 0.717) is 21.9 Å². The van der Waals surface area contributed by atoms with Crippen LogP contribution in [0.2, 0.25) is 0 Å². The number of hydrogen-bond donors (Lipinski definition) is 0. The highest BCUT2D eigenvalue weighted by atomic mass is 32.1. The number of benzene rings is 1. The molecule has 0 aliphatic carbocycles. The van der Waals surface area contributed by atoms with Crippen LogP contribution < -0.4 is 0 Å². The molecule has 0 unspecified atom stereocenters. The molecule has 0 fully saturated rings. The first kappa shape index (κ1) is 12.5. The highest BCUT2D eigenvalue weighted by molar-refractivity contribution is 7.15. The van der Waals surface area contributed by atoms with Crippen LogP contribution in [0.15, 0.2) is 29.6 Å². The van der Waals surface area contributed by atoms with Crippen molar-refractivity contribution in [1.29, 1.82) is 0 Å². The van der Waals surface area contributed by atoms with Gasteiger partial charge in [-0.25, -0.2) is 4.98 Å². The van der Waals surface area contributed by atoms with Gasteiger partial charge >= 0.3 is 0 Å². The van der Waals surface area contributed by atoms with Crippen molar-refractivity contribution in [2.24, 2.45) is 0 Å². The van der Waals surface area contributed by atoms with Gasteiger partial charge in [-0.1, -0.05) is 12.1 Å². The summed E-state index contributed by atoms with van der Waals surface area (Å²) in [4.78, 5) is 26.8. The molecule has 6 nitrogen and oxygen atoms in total. The Morgan fingerprint density at radius 3 is 2.95 bits per heavy atom. The molecular formula is C13H9N3O3S. The second kappa shape index (κ2) is 4.53. The van der Waals surface area contributed by atoms with Gasteiger partial charge in [0.2, 0.25) is 0 Å². The Kier molecular flexibility index (Phi) is 2.83. The number of imidazole rings is 1. The normalized spacial score (nSPS) is 10.8. The number of aldehydes is 1. The summed E-state index contributed by atoms with van der Waals surface area (Å²) in [6.07, 6.45) is 0.730. The van der Waals surface area contributed by atoms with E-state index in [1.54, 1.807) is 16.5 Å².